The summed E-state index contributed by atoms with van der Waals surface area (Å²) in [5.41, 5.74) is 6.80. The average molecular weight is 284 g/mol. The maximum atomic E-state index is 13.4. The highest BCUT2D eigenvalue weighted by molar-refractivity contribution is 5.21. The summed E-state index contributed by atoms with van der Waals surface area (Å²) in [6, 6.07) is 6.72. The molecule has 114 valence electrons. The van der Waals surface area contributed by atoms with Crippen molar-refractivity contribution in [1.82, 2.24) is 4.90 Å². The second kappa shape index (κ2) is 9.02. The van der Waals surface area contributed by atoms with Crippen LogP contribution in [0.5, 0.6) is 0 Å². The van der Waals surface area contributed by atoms with Gasteiger partial charge in [-0.2, -0.15) is 0 Å². The van der Waals surface area contributed by atoms with E-state index in [0.29, 0.717) is 19.8 Å². The van der Waals surface area contributed by atoms with Gasteiger partial charge in [0.2, 0.25) is 0 Å². The van der Waals surface area contributed by atoms with Crippen molar-refractivity contribution in [1.29, 1.82) is 0 Å². The number of hydrogen-bond acceptors (Lipinski definition) is 4. The standard InChI is InChI=1S/C15H25FN2O2/c1-12(11-20-3)18(7-8-19-2)15(10-17)13-5-4-6-14(16)9-13/h4-6,9,12,15H,7-8,10-11,17H2,1-3H3. The van der Waals surface area contributed by atoms with Gasteiger partial charge < -0.3 is 15.2 Å². The molecule has 4 nitrogen and oxygen atoms in total. The van der Waals surface area contributed by atoms with Gasteiger partial charge in [0.1, 0.15) is 5.82 Å². The van der Waals surface area contributed by atoms with E-state index < -0.39 is 0 Å². The number of hydrogen-bond donors (Lipinski definition) is 1. The second-order valence-electron chi connectivity index (χ2n) is 4.84. The molecule has 0 aliphatic rings. The summed E-state index contributed by atoms with van der Waals surface area (Å²) in [4.78, 5) is 2.20. The van der Waals surface area contributed by atoms with Gasteiger partial charge in [-0.1, -0.05) is 12.1 Å². The molecular weight excluding hydrogens is 259 g/mol. The molecule has 0 aliphatic heterocycles. The second-order valence-corrected chi connectivity index (χ2v) is 4.84. The van der Waals surface area contributed by atoms with Gasteiger partial charge in [-0.3, -0.25) is 4.90 Å². The topological polar surface area (TPSA) is 47.7 Å². The third kappa shape index (κ3) is 4.83. The Hall–Kier alpha value is -1.01. The first-order valence-electron chi connectivity index (χ1n) is 6.83. The van der Waals surface area contributed by atoms with E-state index >= 15 is 0 Å². The summed E-state index contributed by atoms with van der Waals surface area (Å²) in [7, 11) is 3.34. The Morgan fingerprint density at radius 2 is 2.05 bits per heavy atom. The van der Waals surface area contributed by atoms with Gasteiger partial charge >= 0.3 is 0 Å². The number of methoxy groups -OCH3 is 2. The highest BCUT2D eigenvalue weighted by Gasteiger charge is 2.24. The lowest BCUT2D eigenvalue weighted by atomic mass is 10.0. The highest BCUT2D eigenvalue weighted by Crippen LogP contribution is 2.22. The summed E-state index contributed by atoms with van der Waals surface area (Å²) >= 11 is 0. The Bertz CT molecular complexity index is 390. The normalized spacial score (nSPS) is 14.5. The van der Waals surface area contributed by atoms with Crippen molar-refractivity contribution in [2.75, 3.05) is 40.5 Å². The van der Waals surface area contributed by atoms with Gasteiger partial charge in [0, 0.05) is 39.4 Å². The Labute approximate surface area is 120 Å². The lowest BCUT2D eigenvalue weighted by molar-refractivity contribution is 0.0486. The summed E-state index contributed by atoms with van der Waals surface area (Å²) in [5.74, 6) is -0.243. The predicted octanol–water partition coefficient (Wildman–Crippen LogP) is 1.81. The zero-order valence-electron chi connectivity index (χ0n) is 12.5. The molecule has 0 aromatic heterocycles. The number of ether oxygens (including phenoxy) is 2. The van der Waals surface area contributed by atoms with Crippen LogP contribution in [-0.2, 0) is 9.47 Å². The Kier molecular flexibility index (Phi) is 7.69. The third-order valence-corrected chi connectivity index (χ3v) is 3.38. The van der Waals surface area contributed by atoms with Crippen molar-refractivity contribution in [3.63, 3.8) is 0 Å². The number of benzene rings is 1. The molecule has 5 heteroatoms. The molecular formula is C15H25FN2O2. The minimum atomic E-state index is -0.243. The molecule has 2 unspecified atom stereocenters. The fourth-order valence-corrected chi connectivity index (χ4v) is 2.39. The molecule has 0 saturated carbocycles. The fraction of sp³-hybridized carbons (Fsp3) is 0.600. The molecule has 0 saturated heterocycles. The number of rotatable bonds is 9. The summed E-state index contributed by atoms with van der Waals surface area (Å²) < 4.78 is 23.8. The van der Waals surface area contributed by atoms with Gasteiger partial charge in [0.25, 0.3) is 0 Å². The van der Waals surface area contributed by atoms with Crippen LogP contribution in [0.1, 0.15) is 18.5 Å². The predicted molar refractivity (Wildman–Crippen MR) is 78.1 cm³/mol. The lowest BCUT2D eigenvalue weighted by Crippen LogP contribution is -2.44. The summed E-state index contributed by atoms with van der Waals surface area (Å²) in [6.45, 7) is 4.40. The Balaban J connectivity index is 2.94. The van der Waals surface area contributed by atoms with E-state index in [9.17, 15) is 4.39 Å². The van der Waals surface area contributed by atoms with Crippen LogP contribution < -0.4 is 5.73 Å². The van der Waals surface area contributed by atoms with Crippen LogP contribution in [0.3, 0.4) is 0 Å². The molecule has 0 heterocycles. The monoisotopic (exact) mass is 284 g/mol. The first-order chi connectivity index (χ1) is 9.63. The molecule has 1 rings (SSSR count). The number of halogens is 1. The van der Waals surface area contributed by atoms with E-state index in [1.165, 1.54) is 12.1 Å². The van der Waals surface area contributed by atoms with Crippen LogP contribution in [0.2, 0.25) is 0 Å². The fourth-order valence-electron chi connectivity index (χ4n) is 2.39. The Morgan fingerprint density at radius 3 is 2.60 bits per heavy atom. The molecule has 2 N–H and O–H groups in total. The summed E-state index contributed by atoms with van der Waals surface area (Å²) in [6.07, 6.45) is 0. The van der Waals surface area contributed by atoms with Crippen molar-refractivity contribution in [3.05, 3.63) is 35.6 Å². The van der Waals surface area contributed by atoms with Gasteiger partial charge in [-0.25, -0.2) is 4.39 Å². The van der Waals surface area contributed by atoms with E-state index in [0.717, 1.165) is 12.1 Å². The maximum Gasteiger partial charge on any atom is 0.123 e. The van der Waals surface area contributed by atoms with Crippen LogP contribution in [0, 0.1) is 5.82 Å². The zero-order chi connectivity index (χ0) is 15.0. The molecule has 0 amide bonds. The number of nitrogens with two attached hydrogens (primary N) is 1. The van der Waals surface area contributed by atoms with Gasteiger partial charge in [0.15, 0.2) is 0 Å². The van der Waals surface area contributed by atoms with E-state index in [-0.39, 0.29) is 17.9 Å². The number of nitrogens with zero attached hydrogens (tertiary/aromatic N) is 1. The average Bonchev–Trinajstić information content (AvgIpc) is 2.43. The molecule has 0 fully saturated rings. The molecule has 1 aromatic carbocycles. The molecule has 0 radical (unpaired) electrons. The Morgan fingerprint density at radius 1 is 1.30 bits per heavy atom. The third-order valence-electron chi connectivity index (χ3n) is 3.38. The molecule has 0 spiro atoms. The smallest absolute Gasteiger partial charge is 0.123 e. The minimum absolute atomic E-state index is 0.0500. The van der Waals surface area contributed by atoms with E-state index in [1.807, 2.05) is 6.07 Å². The molecule has 0 bridgehead atoms. The highest BCUT2D eigenvalue weighted by atomic mass is 19.1. The molecule has 1 aromatic rings. The quantitative estimate of drug-likeness (QED) is 0.751. The largest absolute Gasteiger partial charge is 0.383 e. The van der Waals surface area contributed by atoms with Crippen LogP contribution in [-0.4, -0.2) is 51.5 Å². The molecule has 2 atom stereocenters. The molecule has 20 heavy (non-hydrogen) atoms. The van der Waals surface area contributed by atoms with Crippen molar-refractivity contribution < 1.29 is 13.9 Å². The van der Waals surface area contributed by atoms with Crippen molar-refractivity contribution in [3.8, 4) is 0 Å². The summed E-state index contributed by atoms with van der Waals surface area (Å²) in [5, 5.41) is 0. The van der Waals surface area contributed by atoms with Crippen molar-refractivity contribution in [2.45, 2.75) is 19.0 Å². The van der Waals surface area contributed by atoms with Crippen LogP contribution in [0.25, 0.3) is 0 Å². The van der Waals surface area contributed by atoms with E-state index in [4.69, 9.17) is 15.2 Å². The van der Waals surface area contributed by atoms with Gasteiger partial charge in [0.05, 0.1) is 13.2 Å². The van der Waals surface area contributed by atoms with E-state index in [1.54, 1.807) is 20.3 Å². The zero-order valence-corrected chi connectivity index (χ0v) is 12.5. The first-order valence-corrected chi connectivity index (χ1v) is 6.83. The van der Waals surface area contributed by atoms with Gasteiger partial charge in [-0.15, -0.1) is 0 Å². The lowest BCUT2D eigenvalue weighted by Gasteiger charge is -2.35. The first kappa shape index (κ1) is 17.0. The van der Waals surface area contributed by atoms with E-state index in [2.05, 4.69) is 11.8 Å². The SMILES string of the molecule is COCCN(C(C)COC)C(CN)c1cccc(F)c1. The molecule has 0 aliphatic carbocycles. The van der Waals surface area contributed by atoms with Crippen LogP contribution in [0.4, 0.5) is 4.39 Å². The van der Waals surface area contributed by atoms with Crippen LogP contribution >= 0.6 is 0 Å². The van der Waals surface area contributed by atoms with Crippen molar-refractivity contribution in [2.24, 2.45) is 5.73 Å². The van der Waals surface area contributed by atoms with Crippen molar-refractivity contribution >= 4 is 0 Å². The van der Waals surface area contributed by atoms with Crippen LogP contribution in [0.15, 0.2) is 24.3 Å². The minimum Gasteiger partial charge on any atom is -0.383 e. The van der Waals surface area contributed by atoms with Gasteiger partial charge in [-0.05, 0) is 24.6 Å². The maximum absolute atomic E-state index is 13.4.